The summed E-state index contributed by atoms with van der Waals surface area (Å²) in [6.45, 7) is 2.80. The molecule has 0 bridgehead atoms. The van der Waals surface area contributed by atoms with Gasteiger partial charge in [0.2, 0.25) is 10.0 Å². The van der Waals surface area contributed by atoms with Gasteiger partial charge in [-0.1, -0.05) is 12.5 Å². The number of phenols is 1. The number of hydrogen-bond acceptors (Lipinski definition) is 5. The molecule has 2 aromatic rings. The first-order chi connectivity index (χ1) is 11.9. The molecule has 2 N–H and O–H groups in total. The van der Waals surface area contributed by atoms with Crippen molar-refractivity contribution >= 4 is 33.0 Å². The topological polar surface area (TPSA) is 86.7 Å². The Morgan fingerprint density at radius 3 is 2.60 bits per heavy atom. The molecule has 1 aromatic heterocycles. The molecule has 1 amide bonds. The van der Waals surface area contributed by atoms with Gasteiger partial charge in [0, 0.05) is 13.1 Å². The SMILES string of the molecule is Cc1ccc(NC(=O)c2sccc2S(=O)(=O)N2CCCCC2)c(O)c1. The molecule has 0 aliphatic carbocycles. The number of rotatable bonds is 4. The zero-order valence-electron chi connectivity index (χ0n) is 13.9. The lowest BCUT2D eigenvalue weighted by Crippen LogP contribution is -2.36. The Morgan fingerprint density at radius 1 is 1.20 bits per heavy atom. The van der Waals surface area contributed by atoms with Crippen molar-refractivity contribution in [1.29, 1.82) is 0 Å². The first kappa shape index (κ1) is 17.9. The number of aryl methyl sites for hydroxylation is 1. The summed E-state index contributed by atoms with van der Waals surface area (Å²) in [6, 6.07) is 6.36. The molecule has 1 aliphatic heterocycles. The fraction of sp³-hybridized carbons (Fsp3) is 0.353. The summed E-state index contributed by atoms with van der Waals surface area (Å²) in [5, 5.41) is 14.1. The van der Waals surface area contributed by atoms with Crippen LogP contribution in [-0.2, 0) is 10.0 Å². The quantitative estimate of drug-likeness (QED) is 0.798. The van der Waals surface area contributed by atoms with Crippen LogP contribution in [0.25, 0.3) is 0 Å². The van der Waals surface area contributed by atoms with E-state index in [2.05, 4.69) is 5.32 Å². The van der Waals surface area contributed by atoms with E-state index in [1.165, 1.54) is 16.4 Å². The van der Waals surface area contributed by atoms with Crippen LogP contribution in [0.4, 0.5) is 5.69 Å². The summed E-state index contributed by atoms with van der Waals surface area (Å²) in [7, 11) is -3.68. The van der Waals surface area contributed by atoms with E-state index in [9.17, 15) is 18.3 Å². The Hall–Kier alpha value is -1.90. The molecule has 1 aliphatic rings. The second-order valence-electron chi connectivity index (χ2n) is 6.05. The number of thiophene rings is 1. The van der Waals surface area contributed by atoms with Gasteiger partial charge in [-0.15, -0.1) is 11.3 Å². The van der Waals surface area contributed by atoms with Crippen LogP contribution in [0.5, 0.6) is 5.75 Å². The van der Waals surface area contributed by atoms with Gasteiger partial charge in [0.1, 0.15) is 15.5 Å². The van der Waals surface area contributed by atoms with Crippen molar-refractivity contribution in [1.82, 2.24) is 4.31 Å². The van der Waals surface area contributed by atoms with E-state index in [-0.39, 0.29) is 21.2 Å². The third-order valence-corrected chi connectivity index (χ3v) is 7.15. The molecule has 134 valence electrons. The minimum Gasteiger partial charge on any atom is -0.506 e. The molecule has 0 radical (unpaired) electrons. The Morgan fingerprint density at radius 2 is 1.92 bits per heavy atom. The third kappa shape index (κ3) is 3.70. The van der Waals surface area contributed by atoms with Gasteiger partial charge < -0.3 is 10.4 Å². The van der Waals surface area contributed by atoms with Crippen molar-refractivity contribution in [2.75, 3.05) is 18.4 Å². The number of piperidine rings is 1. The van der Waals surface area contributed by atoms with Crippen LogP contribution in [0.15, 0.2) is 34.5 Å². The maximum Gasteiger partial charge on any atom is 0.267 e. The van der Waals surface area contributed by atoms with Gasteiger partial charge >= 0.3 is 0 Å². The number of amides is 1. The molecule has 3 rings (SSSR count). The Balaban J connectivity index is 1.86. The largest absolute Gasteiger partial charge is 0.506 e. The summed E-state index contributed by atoms with van der Waals surface area (Å²) in [6.07, 6.45) is 2.69. The first-order valence-corrected chi connectivity index (χ1v) is 10.4. The van der Waals surface area contributed by atoms with E-state index < -0.39 is 15.9 Å². The number of anilines is 1. The summed E-state index contributed by atoms with van der Waals surface area (Å²) in [5.41, 5.74) is 1.12. The maximum absolute atomic E-state index is 12.8. The number of aromatic hydroxyl groups is 1. The van der Waals surface area contributed by atoms with Gasteiger partial charge in [0.05, 0.1) is 5.69 Å². The van der Waals surface area contributed by atoms with Gasteiger partial charge in [0.25, 0.3) is 5.91 Å². The number of sulfonamides is 1. The van der Waals surface area contributed by atoms with E-state index in [1.807, 2.05) is 6.92 Å². The fourth-order valence-corrected chi connectivity index (χ4v) is 5.65. The van der Waals surface area contributed by atoms with Gasteiger partial charge in [-0.05, 0) is 48.9 Å². The molecular weight excluding hydrogens is 360 g/mol. The monoisotopic (exact) mass is 380 g/mol. The van der Waals surface area contributed by atoms with Crippen LogP contribution >= 0.6 is 11.3 Å². The lowest BCUT2D eigenvalue weighted by Gasteiger charge is -2.25. The molecule has 6 nitrogen and oxygen atoms in total. The Kier molecular flexibility index (Phi) is 5.12. The highest BCUT2D eigenvalue weighted by Crippen LogP contribution is 2.30. The lowest BCUT2D eigenvalue weighted by molar-refractivity contribution is 0.102. The fourth-order valence-electron chi connectivity index (χ4n) is 2.84. The highest BCUT2D eigenvalue weighted by molar-refractivity contribution is 7.89. The predicted octanol–water partition coefficient (Wildman–Crippen LogP) is 3.19. The van der Waals surface area contributed by atoms with Crippen molar-refractivity contribution in [3.63, 3.8) is 0 Å². The number of benzene rings is 1. The standard InChI is InChI=1S/C17H20N2O4S2/c1-12-5-6-13(14(20)11-12)18-17(21)16-15(7-10-24-16)25(22,23)19-8-3-2-4-9-19/h5-7,10-11,20H,2-4,8-9H2,1H3,(H,18,21). The molecule has 8 heteroatoms. The van der Waals surface area contributed by atoms with Crippen LogP contribution in [0.3, 0.4) is 0 Å². The van der Waals surface area contributed by atoms with Crippen molar-refractivity contribution in [2.24, 2.45) is 0 Å². The number of carbonyl (C=O) groups excluding carboxylic acids is 1. The third-order valence-electron chi connectivity index (χ3n) is 4.17. The van der Waals surface area contributed by atoms with Crippen LogP contribution in [0.1, 0.15) is 34.5 Å². The number of hydrogen-bond donors (Lipinski definition) is 2. The number of carbonyl (C=O) groups is 1. The average molecular weight is 380 g/mol. The summed E-state index contributed by atoms with van der Waals surface area (Å²) < 4.78 is 27.1. The van der Waals surface area contributed by atoms with E-state index >= 15 is 0 Å². The molecule has 0 spiro atoms. The number of nitrogens with one attached hydrogen (secondary N) is 1. The molecule has 0 atom stereocenters. The Labute approximate surface area is 151 Å². The van der Waals surface area contributed by atoms with Crippen LogP contribution < -0.4 is 5.32 Å². The van der Waals surface area contributed by atoms with E-state index in [4.69, 9.17) is 0 Å². The molecular formula is C17H20N2O4S2. The summed E-state index contributed by atoms with van der Waals surface area (Å²) in [4.78, 5) is 12.7. The normalized spacial score (nSPS) is 15.9. The first-order valence-electron chi connectivity index (χ1n) is 8.08. The smallest absolute Gasteiger partial charge is 0.267 e. The van der Waals surface area contributed by atoms with Gasteiger partial charge in [0.15, 0.2) is 0 Å². The van der Waals surface area contributed by atoms with Crippen LogP contribution in [0.2, 0.25) is 0 Å². The van der Waals surface area contributed by atoms with Crippen LogP contribution in [-0.4, -0.2) is 36.8 Å². The number of nitrogens with zero attached hydrogens (tertiary/aromatic N) is 1. The van der Waals surface area contributed by atoms with E-state index in [0.29, 0.717) is 13.1 Å². The summed E-state index contributed by atoms with van der Waals surface area (Å²) >= 11 is 1.08. The van der Waals surface area contributed by atoms with E-state index in [0.717, 1.165) is 36.2 Å². The van der Waals surface area contributed by atoms with Gasteiger partial charge in [-0.3, -0.25) is 4.79 Å². The average Bonchev–Trinajstić information content (AvgIpc) is 3.09. The molecule has 0 saturated carbocycles. The molecule has 0 unspecified atom stereocenters. The highest BCUT2D eigenvalue weighted by Gasteiger charge is 2.31. The second kappa shape index (κ2) is 7.15. The second-order valence-corrected chi connectivity index (χ2v) is 8.88. The molecule has 1 aromatic carbocycles. The molecule has 1 fully saturated rings. The summed E-state index contributed by atoms with van der Waals surface area (Å²) in [5.74, 6) is -0.588. The van der Waals surface area contributed by atoms with Crippen molar-refractivity contribution in [3.8, 4) is 5.75 Å². The Bertz CT molecular complexity index is 884. The minimum atomic E-state index is -3.68. The molecule has 1 saturated heterocycles. The predicted molar refractivity (Wildman–Crippen MR) is 97.7 cm³/mol. The van der Waals surface area contributed by atoms with Crippen molar-refractivity contribution < 1.29 is 18.3 Å². The van der Waals surface area contributed by atoms with Gasteiger partial charge in [-0.2, -0.15) is 4.31 Å². The lowest BCUT2D eigenvalue weighted by atomic mass is 10.2. The highest BCUT2D eigenvalue weighted by atomic mass is 32.2. The molecule has 2 heterocycles. The number of phenolic OH excluding ortho intramolecular Hbond substituents is 1. The van der Waals surface area contributed by atoms with Crippen molar-refractivity contribution in [3.05, 3.63) is 40.1 Å². The molecule has 25 heavy (non-hydrogen) atoms. The maximum atomic E-state index is 12.8. The zero-order valence-corrected chi connectivity index (χ0v) is 15.5. The van der Waals surface area contributed by atoms with E-state index in [1.54, 1.807) is 17.5 Å². The minimum absolute atomic E-state index is 0.0310. The van der Waals surface area contributed by atoms with Crippen LogP contribution in [0, 0.1) is 6.92 Å². The van der Waals surface area contributed by atoms with Crippen molar-refractivity contribution in [2.45, 2.75) is 31.1 Å². The zero-order chi connectivity index (χ0) is 18.0. The van der Waals surface area contributed by atoms with Gasteiger partial charge in [-0.25, -0.2) is 8.42 Å².